The van der Waals surface area contributed by atoms with Crippen molar-refractivity contribution in [2.45, 2.75) is 17.9 Å². The molecule has 1 amide bonds. The van der Waals surface area contributed by atoms with Crippen molar-refractivity contribution in [2.75, 3.05) is 23.2 Å². The van der Waals surface area contributed by atoms with Gasteiger partial charge in [0, 0.05) is 18.3 Å². The van der Waals surface area contributed by atoms with E-state index in [1.807, 2.05) is 48.6 Å². The van der Waals surface area contributed by atoms with Crippen LogP contribution >= 0.6 is 0 Å². The molecule has 3 aromatic rings. The van der Waals surface area contributed by atoms with Gasteiger partial charge in [-0.15, -0.1) is 0 Å². The van der Waals surface area contributed by atoms with Gasteiger partial charge in [-0.2, -0.15) is 0 Å². The van der Waals surface area contributed by atoms with Crippen molar-refractivity contribution in [1.82, 2.24) is 0 Å². The molecule has 0 fully saturated rings. The molecule has 3 aromatic carbocycles. The van der Waals surface area contributed by atoms with Gasteiger partial charge in [-0.1, -0.05) is 54.6 Å². The van der Waals surface area contributed by atoms with Crippen LogP contribution in [0.1, 0.15) is 18.5 Å². The summed E-state index contributed by atoms with van der Waals surface area (Å²) in [6, 6.07) is 25.2. The predicted octanol–water partition coefficient (Wildman–Crippen LogP) is 2.77. The van der Waals surface area contributed by atoms with E-state index in [9.17, 15) is 13.2 Å². The van der Waals surface area contributed by atoms with E-state index in [1.165, 1.54) is 23.5 Å². The number of anilines is 2. The number of para-hydroxylation sites is 1. The number of nitrogens with two attached hydrogens (primary N) is 1. The average Bonchev–Trinajstić information content (AvgIpc) is 2.78. The Hall–Kier alpha value is -3.16. The Morgan fingerprint density at radius 1 is 0.967 bits per heavy atom. The van der Waals surface area contributed by atoms with Gasteiger partial charge in [0.05, 0.1) is 10.6 Å². The maximum atomic E-state index is 12.9. The van der Waals surface area contributed by atoms with Crippen LogP contribution in [0.15, 0.2) is 89.8 Å². The number of carbonyl (C=O) groups excluding carboxylic acids is 1. The SMILES string of the molecule is C[C@@H]([NH2+]CC(=O)Nc1cccc(S(=O)(=O)N(C)c2ccccc2)c1)c1ccccc1. The van der Waals surface area contributed by atoms with Crippen molar-refractivity contribution in [2.24, 2.45) is 0 Å². The molecule has 0 unspecified atom stereocenters. The fraction of sp³-hybridized carbons (Fsp3) is 0.174. The van der Waals surface area contributed by atoms with Gasteiger partial charge in [0.15, 0.2) is 6.54 Å². The molecule has 0 aromatic heterocycles. The number of amides is 1. The Morgan fingerprint density at radius 3 is 2.27 bits per heavy atom. The zero-order valence-corrected chi connectivity index (χ0v) is 17.8. The number of hydrogen-bond donors (Lipinski definition) is 2. The first-order valence-corrected chi connectivity index (χ1v) is 11.1. The minimum Gasteiger partial charge on any atom is -0.333 e. The fourth-order valence-electron chi connectivity index (χ4n) is 3.06. The highest BCUT2D eigenvalue weighted by Gasteiger charge is 2.22. The van der Waals surface area contributed by atoms with Gasteiger partial charge < -0.3 is 10.6 Å². The largest absolute Gasteiger partial charge is 0.333 e. The maximum absolute atomic E-state index is 12.9. The summed E-state index contributed by atoms with van der Waals surface area (Å²) in [6.07, 6.45) is 0. The Labute approximate surface area is 177 Å². The van der Waals surface area contributed by atoms with E-state index in [1.54, 1.807) is 36.4 Å². The Kier molecular flexibility index (Phi) is 6.87. The molecule has 0 saturated carbocycles. The second kappa shape index (κ2) is 9.56. The van der Waals surface area contributed by atoms with Gasteiger partial charge in [-0.25, -0.2) is 8.42 Å². The molecule has 0 spiro atoms. The van der Waals surface area contributed by atoms with Crippen LogP contribution in [0.5, 0.6) is 0 Å². The number of benzene rings is 3. The van der Waals surface area contributed by atoms with Gasteiger partial charge in [-0.05, 0) is 37.3 Å². The summed E-state index contributed by atoms with van der Waals surface area (Å²) in [5, 5.41) is 4.73. The standard InChI is InChI=1S/C23H25N3O3S/c1-18(19-10-5-3-6-11-19)24-17-23(27)25-20-12-9-15-22(16-20)30(28,29)26(2)21-13-7-4-8-14-21/h3-16,18,24H,17H2,1-2H3,(H,25,27)/p+1/t18-/m1/s1. The summed E-state index contributed by atoms with van der Waals surface area (Å²) < 4.78 is 27.1. The smallest absolute Gasteiger partial charge is 0.279 e. The quantitative estimate of drug-likeness (QED) is 0.583. The van der Waals surface area contributed by atoms with E-state index in [-0.39, 0.29) is 23.4 Å². The van der Waals surface area contributed by atoms with Gasteiger partial charge >= 0.3 is 0 Å². The van der Waals surface area contributed by atoms with Gasteiger partial charge in [-0.3, -0.25) is 9.10 Å². The fourth-order valence-corrected chi connectivity index (χ4v) is 4.30. The maximum Gasteiger partial charge on any atom is 0.279 e. The van der Waals surface area contributed by atoms with Crippen LogP contribution in [0, 0.1) is 0 Å². The number of hydrogen-bond acceptors (Lipinski definition) is 3. The highest BCUT2D eigenvalue weighted by Crippen LogP contribution is 2.23. The lowest BCUT2D eigenvalue weighted by molar-refractivity contribution is -0.682. The zero-order chi connectivity index (χ0) is 21.6. The lowest BCUT2D eigenvalue weighted by Crippen LogP contribution is -2.86. The second-order valence-corrected chi connectivity index (χ2v) is 8.99. The normalized spacial score (nSPS) is 12.2. The van der Waals surface area contributed by atoms with E-state index in [0.717, 1.165) is 5.56 Å². The molecule has 1 atom stereocenters. The third kappa shape index (κ3) is 5.25. The van der Waals surface area contributed by atoms with Crippen molar-refractivity contribution < 1.29 is 18.5 Å². The van der Waals surface area contributed by atoms with Crippen LogP contribution in [0.25, 0.3) is 0 Å². The molecule has 0 aliphatic carbocycles. The van der Waals surface area contributed by atoms with Gasteiger partial charge in [0.1, 0.15) is 6.04 Å². The van der Waals surface area contributed by atoms with Crippen molar-refractivity contribution in [3.05, 3.63) is 90.5 Å². The number of sulfonamides is 1. The highest BCUT2D eigenvalue weighted by atomic mass is 32.2. The van der Waals surface area contributed by atoms with Crippen LogP contribution < -0.4 is 14.9 Å². The van der Waals surface area contributed by atoms with Crippen LogP contribution in [-0.4, -0.2) is 27.9 Å². The third-order valence-electron chi connectivity index (χ3n) is 4.88. The van der Waals surface area contributed by atoms with Crippen molar-refractivity contribution >= 4 is 27.3 Å². The second-order valence-electron chi connectivity index (χ2n) is 7.02. The molecule has 30 heavy (non-hydrogen) atoms. The molecule has 156 valence electrons. The molecule has 3 N–H and O–H groups in total. The van der Waals surface area contributed by atoms with Crippen LogP contribution in [0.4, 0.5) is 11.4 Å². The molecule has 7 heteroatoms. The summed E-state index contributed by atoms with van der Waals surface area (Å²) >= 11 is 0. The van der Waals surface area contributed by atoms with E-state index >= 15 is 0 Å². The number of quaternary nitrogens is 1. The number of rotatable bonds is 8. The molecule has 0 aliphatic rings. The lowest BCUT2D eigenvalue weighted by Gasteiger charge is -2.20. The Morgan fingerprint density at radius 2 is 1.60 bits per heavy atom. The van der Waals surface area contributed by atoms with Crippen LogP contribution in [-0.2, 0) is 14.8 Å². The summed E-state index contributed by atoms with van der Waals surface area (Å²) in [4.78, 5) is 12.5. The highest BCUT2D eigenvalue weighted by molar-refractivity contribution is 7.92. The van der Waals surface area contributed by atoms with E-state index in [0.29, 0.717) is 11.4 Å². The Balaban J connectivity index is 1.65. The van der Waals surface area contributed by atoms with Crippen LogP contribution in [0.3, 0.4) is 0 Å². The number of carbonyl (C=O) groups is 1. The van der Waals surface area contributed by atoms with Crippen molar-refractivity contribution in [1.29, 1.82) is 0 Å². The number of nitrogens with one attached hydrogen (secondary N) is 1. The van der Waals surface area contributed by atoms with Gasteiger partial charge in [0.2, 0.25) is 0 Å². The van der Waals surface area contributed by atoms with Gasteiger partial charge in [0.25, 0.3) is 15.9 Å². The molecule has 0 heterocycles. The summed E-state index contributed by atoms with van der Waals surface area (Å²) in [5.41, 5.74) is 2.15. The molecule has 6 nitrogen and oxygen atoms in total. The summed E-state index contributed by atoms with van der Waals surface area (Å²) in [6.45, 7) is 2.27. The minimum absolute atomic E-state index is 0.119. The molecule has 0 saturated heterocycles. The first-order chi connectivity index (χ1) is 14.4. The monoisotopic (exact) mass is 424 g/mol. The lowest BCUT2D eigenvalue weighted by atomic mass is 10.1. The third-order valence-corrected chi connectivity index (χ3v) is 6.66. The predicted molar refractivity (Wildman–Crippen MR) is 119 cm³/mol. The van der Waals surface area contributed by atoms with Crippen LogP contribution in [0.2, 0.25) is 0 Å². The van der Waals surface area contributed by atoms with Crippen molar-refractivity contribution in [3.8, 4) is 0 Å². The molecule has 0 bridgehead atoms. The zero-order valence-electron chi connectivity index (χ0n) is 17.0. The minimum atomic E-state index is -3.74. The van der Waals surface area contributed by atoms with E-state index in [4.69, 9.17) is 0 Å². The molecule has 0 aliphatic heterocycles. The molecular weight excluding hydrogens is 398 g/mol. The first-order valence-electron chi connectivity index (χ1n) is 9.70. The topological polar surface area (TPSA) is 83.1 Å². The molecule has 0 radical (unpaired) electrons. The Bertz CT molecular complexity index is 1090. The van der Waals surface area contributed by atoms with Crippen molar-refractivity contribution in [3.63, 3.8) is 0 Å². The summed E-state index contributed by atoms with van der Waals surface area (Å²) in [5.74, 6) is -0.191. The van der Waals surface area contributed by atoms with E-state index in [2.05, 4.69) is 5.32 Å². The summed E-state index contributed by atoms with van der Waals surface area (Å²) in [7, 11) is -2.23. The van der Waals surface area contributed by atoms with E-state index < -0.39 is 10.0 Å². The number of nitrogens with zero attached hydrogens (tertiary/aromatic N) is 1. The average molecular weight is 425 g/mol. The molecule has 3 rings (SSSR count). The first kappa shape index (κ1) is 21.5. The molecular formula is C23H26N3O3S+.